The molecule has 0 N–H and O–H groups in total. The monoisotopic (exact) mass is 315 g/mol. The number of benzene rings is 1. The zero-order chi connectivity index (χ0) is 16.0. The zero-order valence-corrected chi connectivity index (χ0v) is 9.65. The van der Waals surface area contributed by atoms with E-state index < -0.39 is 46.5 Å². The molecule has 0 amide bonds. The van der Waals surface area contributed by atoms with E-state index in [9.17, 15) is 35.1 Å². The second-order valence-corrected chi connectivity index (χ2v) is 3.86. The van der Waals surface area contributed by atoms with E-state index in [1.54, 1.807) is 0 Å². The molecule has 1 aliphatic rings. The van der Waals surface area contributed by atoms with Crippen molar-refractivity contribution in [3.8, 4) is 0 Å². The van der Waals surface area contributed by atoms with E-state index in [2.05, 4.69) is 10.5 Å². The molecule has 0 aromatic heterocycles. The summed E-state index contributed by atoms with van der Waals surface area (Å²) in [5, 5.41) is 2.67. The van der Waals surface area contributed by atoms with Gasteiger partial charge in [0.25, 0.3) is 0 Å². The third-order valence-corrected chi connectivity index (χ3v) is 2.48. The van der Waals surface area contributed by atoms with Crippen LogP contribution in [0.15, 0.2) is 34.6 Å². The molecule has 0 saturated carbocycles. The smallest absolute Gasteiger partial charge is 0.206 e. The molecule has 21 heavy (non-hydrogen) atoms. The van der Waals surface area contributed by atoms with Crippen molar-refractivity contribution < 1.29 is 35.1 Å². The molecule has 1 radical (unpaired) electrons. The van der Waals surface area contributed by atoms with Gasteiger partial charge >= 0.3 is 12.4 Å². The Hall–Kier alpha value is -2.13. The molecule has 1 aromatic carbocycles. The fourth-order valence-corrected chi connectivity index (χ4v) is 1.68. The maximum absolute atomic E-state index is 13.5. The van der Waals surface area contributed by atoms with Crippen LogP contribution in [-0.2, 0) is 0 Å². The van der Waals surface area contributed by atoms with Crippen LogP contribution in [0.2, 0.25) is 0 Å². The molecular weight excluding hydrogens is 312 g/mol. The largest absolute Gasteiger partial charge is 0.435 e. The highest BCUT2D eigenvalue weighted by Crippen LogP contribution is 2.40. The van der Waals surface area contributed by atoms with Gasteiger partial charge in [-0.15, -0.1) is 10.5 Å². The lowest BCUT2D eigenvalue weighted by molar-refractivity contribution is -0.114. The fraction of sp³-hybridized carbons (Fsp3) is 0.182. The summed E-state index contributed by atoms with van der Waals surface area (Å²) in [4.78, 5) is 0. The van der Waals surface area contributed by atoms with Crippen molar-refractivity contribution in [3.05, 3.63) is 46.7 Å². The third-order valence-electron chi connectivity index (χ3n) is 2.48. The first kappa shape index (κ1) is 15.3. The highest BCUT2D eigenvalue weighted by atomic mass is 19.4. The third kappa shape index (κ3) is 2.69. The normalized spacial score (nSPS) is 16.1. The average Bonchev–Trinajstić information content (AvgIpc) is 2.72. The summed E-state index contributed by atoms with van der Waals surface area (Å²) in [6, 6.07) is 2.05. The first-order valence-corrected chi connectivity index (χ1v) is 5.15. The minimum absolute atomic E-state index is 0.598. The molecule has 0 spiro atoms. The predicted octanol–water partition coefficient (Wildman–Crippen LogP) is 3.67. The topological polar surface area (TPSA) is 26.5 Å². The van der Waals surface area contributed by atoms with Gasteiger partial charge in [0.15, 0.2) is 5.70 Å². The second kappa shape index (κ2) is 4.71. The molecule has 1 aliphatic heterocycles. The lowest BCUT2D eigenvalue weighted by Crippen LogP contribution is -2.27. The molecule has 2 nitrogen and oxygen atoms in total. The first-order valence-electron chi connectivity index (χ1n) is 5.15. The molecule has 0 bridgehead atoms. The van der Waals surface area contributed by atoms with Gasteiger partial charge < -0.3 is 0 Å². The molecule has 1 aromatic rings. The fourth-order valence-electron chi connectivity index (χ4n) is 1.68. The van der Waals surface area contributed by atoms with Crippen LogP contribution in [0.5, 0.6) is 0 Å². The molecular formula is C11H3F8N2. The summed E-state index contributed by atoms with van der Waals surface area (Å²) in [6.07, 6.45) is -11.0. The van der Waals surface area contributed by atoms with Crippen molar-refractivity contribution in [2.75, 3.05) is 0 Å². The minimum Gasteiger partial charge on any atom is -0.206 e. The molecule has 0 fully saturated rings. The standard InChI is InChI=1S/C11H3F8N2/c12-4-2-1-3-5(13)6(4)8-7(10(14,15)16)9(21-20-8)11(17,18)19/h1-3H. The number of allylic oxidation sites excluding steroid dienone is 2. The van der Waals surface area contributed by atoms with Gasteiger partial charge in [-0.1, -0.05) is 6.07 Å². The van der Waals surface area contributed by atoms with E-state index in [1.807, 2.05) is 0 Å². The van der Waals surface area contributed by atoms with Crippen LogP contribution in [-0.4, -0.2) is 18.1 Å². The molecule has 1 heterocycles. The second-order valence-electron chi connectivity index (χ2n) is 3.86. The highest BCUT2D eigenvalue weighted by molar-refractivity contribution is 6.15. The van der Waals surface area contributed by atoms with Gasteiger partial charge in [-0.25, -0.2) is 8.78 Å². The molecule has 0 atom stereocenters. The molecule has 10 heteroatoms. The van der Waals surface area contributed by atoms with Crippen molar-refractivity contribution in [2.24, 2.45) is 5.10 Å². The van der Waals surface area contributed by atoms with Gasteiger partial charge in [0, 0.05) is 0 Å². The number of rotatable bonds is 1. The van der Waals surface area contributed by atoms with Crippen molar-refractivity contribution in [3.63, 3.8) is 0 Å². The summed E-state index contributed by atoms with van der Waals surface area (Å²) in [5.74, 6) is -2.96. The van der Waals surface area contributed by atoms with Gasteiger partial charge in [-0.3, -0.25) is 0 Å². The molecule has 0 saturated heterocycles. The quantitative estimate of drug-likeness (QED) is 0.707. The Labute approximate surface area is 111 Å². The SMILES string of the molecule is Fc1cccc(F)c1C1=N[N]C(C(F)(F)F)=C1C(F)(F)F. The van der Waals surface area contributed by atoms with Gasteiger partial charge in [0.05, 0.1) is 5.56 Å². The van der Waals surface area contributed by atoms with Crippen LogP contribution >= 0.6 is 0 Å². The maximum Gasteiger partial charge on any atom is 0.435 e. The van der Waals surface area contributed by atoms with E-state index in [0.29, 0.717) is 12.1 Å². The van der Waals surface area contributed by atoms with E-state index in [0.717, 1.165) is 6.07 Å². The summed E-state index contributed by atoms with van der Waals surface area (Å²) in [7, 11) is 0. The Balaban J connectivity index is 2.69. The molecule has 0 aliphatic carbocycles. The van der Waals surface area contributed by atoms with Crippen molar-refractivity contribution in [2.45, 2.75) is 12.4 Å². The lowest BCUT2D eigenvalue weighted by atomic mass is 10.00. The number of halogens is 8. The Kier molecular flexibility index (Phi) is 3.42. The van der Waals surface area contributed by atoms with Gasteiger partial charge in [0.2, 0.25) is 0 Å². The van der Waals surface area contributed by atoms with Crippen molar-refractivity contribution in [1.29, 1.82) is 0 Å². The minimum atomic E-state index is -5.53. The maximum atomic E-state index is 13.5. The number of alkyl halides is 6. The lowest BCUT2D eigenvalue weighted by Gasteiger charge is -2.14. The Morgan fingerprint density at radius 1 is 0.810 bits per heavy atom. The van der Waals surface area contributed by atoms with E-state index in [4.69, 9.17) is 0 Å². The van der Waals surface area contributed by atoms with Crippen LogP contribution < -0.4 is 5.43 Å². The average molecular weight is 315 g/mol. The Morgan fingerprint density at radius 2 is 1.33 bits per heavy atom. The van der Waals surface area contributed by atoms with Gasteiger partial charge in [0.1, 0.15) is 22.9 Å². The Morgan fingerprint density at radius 3 is 1.76 bits per heavy atom. The van der Waals surface area contributed by atoms with E-state index in [-0.39, 0.29) is 0 Å². The number of nitrogens with zero attached hydrogens (tertiary/aromatic N) is 2. The van der Waals surface area contributed by atoms with Crippen LogP contribution in [0.25, 0.3) is 0 Å². The Bertz CT molecular complexity index is 618. The molecule has 113 valence electrons. The van der Waals surface area contributed by atoms with Crippen LogP contribution in [0.3, 0.4) is 0 Å². The van der Waals surface area contributed by atoms with Crippen LogP contribution in [0.4, 0.5) is 35.1 Å². The van der Waals surface area contributed by atoms with Crippen molar-refractivity contribution >= 4 is 5.71 Å². The van der Waals surface area contributed by atoms with Crippen LogP contribution in [0, 0.1) is 11.6 Å². The van der Waals surface area contributed by atoms with E-state index >= 15 is 0 Å². The summed E-state index contributed by atoms with van der Waals surface area (Å²) in [6.45, 7) is 0. The van der Waals surface area contributed by atoms with E-state index in [1.165, 1.54) is 0 Å². The predicted molar refractivity (Wildman–Crippen MR) is 54.2 cm³/mol. The summed E-state index contributed by atoms with van der Waals surface area (Å²) in [5.41, 5.74) is -5.13. The number of hydrogen-bond acceptors (Lipinski definition) is 1. The summed E-state index contributed by atoms with van der Waals surface area (Å²) < 4.78 is 103. The van der Waals surface area contributed by atoms with Gasteiger partial charge in [-0.2, -0.15) is 26.3 Å². The van der Waals surface area contributed by atoms with Gasteiger partial charge in [-0.05, 0) is 12.1 Å². The number of hydrogen-bond donors (Lipinski definition) is 0. The summed E-state index contributed by atoms with van der Waals surface area (Å²) >= 11 is 0. The van der Waals surface area contributed by atoms with Crippen LogP contribution in [0.1, 0.15) is 5.56 Å². The first-order chi connectivity index (χ1) is 9.53. The molecule has 2 rings (SSSR count). The molecule has 0 unspecified atom stereocenters. The zero-order valence-electron chi connectivity index (χ0n) is 9.65. The van der Waals surface area contributed by atoms with Crippen molar-refractivity contribution in [1.82, 2.24) is 5.43 Å². The highest BCUT2D eigenvalue weighted by Gasteiger charge is 2.52.